The lowest BCUT2D eigenvalue weighted by molar-refractivity contribution is 0.204. The van der Waals surface area contributed by atoms with Crippen LogP contribution in [0.4, 0.5) is 4.79 Å². The average molecular weight is 318 g/mol. The number of urea groups is 1. The van der Waals surface area contributed by atoms with Gasteiger partial charge >= 0.3 is 6.03 Å². The maximum Gasteiger partial charge on any atom is 0.317 e. The topological polar surface area (TPSA) is 89.1 Å². The van der Waals surface area contributed by atoms with Crippen LogP contribution >= 0.6 is 0 Å². The summed E-state index contributed by atoms with van der Waals surface area (Å²) in [6.45, 7) is 3.55. The monoisotopic (exact) mass is 318 g/mol. The minimum absolute atomic E-state index is 0.170. The number of aryl methyl sites for hydroxylation is 2. The molecule has 3 rings (SSSR count). The fourth-order valence-electron chi connectivity index (χ4n) is 2.77. The average Bonchev–Trinajstić information content (AvgIpc) is 3.03. The summed E-state index contributed by atoms with van der Waals surface area (Å²) in [6.07, 6.45) is 4.48. The van der Waals surface area contributed by atoms with Gasteiger partial charge in [-0.3, -0.25) is 0 Å². The Morgan fingerprint density at radius 3 is 3.04 bits per heavy atom. The molecule has 3 heterocycles. The van der Waals surface area contributed by atoms with Gasteiger partial charge in [0.25, 0.3) is 0 Å². The van der Waals surface area contributed by atoms with Gasteiger partial charge in [-0.1, -0.05) is 11.6 Å². The van der Waals surface area contributed by atoms with E-state index in [2.05, 4.69) is 25.2 Å². The molecular weight excluding hydrogens is 296 g/mol. The summed E-state index contributed by atoms with van der Waals surface area (Å²) >= 11 is 0. The SMILES string of the molecule is Cc1cc(CN(C)C(=O)NCc2nnc3n2CCCCC3)no1. The normalized spacial score (nSPS) is 14.2. The van der Waals surface area contributed by atoms with Gasteiger partial charge in [0.15, 0.2) is 5.82 Å². The van der Waals surface area contributed by atoms with Gasteiger partial charge in [0.05, 0.1) is 13.1 Å². The Hall–Kier alpha value is -2.38. The zero-order valence-corrected chi connectivity index (χ0v) is 13.6. The standard InChI is InChI=1S/C15H22N6O2/c1-11-8-12(19-23-11)10-20(2)15(22)16-9-14-18-17-13-6-4-3-5-7-21(13)14/h8H,3-7,9-10H2,1-2H3,(H,16,22). The van der Waals surface area contributed by atoms with Crippen LogP contribution < -0.4 is 5.32 Å². The van der Waals surface area contributed by atoms with Crippen LogP contribution in [0.25, 0.3) is 0 Å². The lowest BCUT2D eigenvalue weighted by Gasteiger charge is -2.16. The Balaban J connectivity index is 1.55. The van der Waals surface area contributed by atoms with Crippen LogP contribution in [-0.2, 0) is 26.1 Å². The molecule has 23 heavy (non-hydrogen) atoms. The van der Waals surface area contributed by atoms with Crippen LogP contribution in [0.2, 0.25) is 0 Å². The molecule has 0 atom stereocenters. The fraction of sp³-hybridized carbons (Fsp3) is 0.600. The van der Waals surface area contributed by atoms with Crippen molar-refractivity contribution in [2.45, 2.75) is 52.2 Å². The van der Waals surface area contributed by atoms with E-state index in [1.165, 1.54) is 6.42 Å². The first kappa shape index (κ1) is 15.5. The highest BCUT2D eigenvalue weighted by atomic mass is 16.5. The predicted molar refractivity (Wildman–Crippen MR) is 82.5 cm³/mol. The molecule has 0 unspecified atom stereocenters. The number of rotatable bonds is 4. The van der Waals surface area contributed by atoms with Crippen molar-refractivity contribution in [1.82, 2.24) is 30.1 Å². The molecule has 2 aromatic rings. The van der Waals surface area contributed by atoms with E-state index in [1.807, 2.05) is 13.0 Å². The number of aromatic nitrogens is 4. The van der Waals surface area contributed by atoms with E-state index in [1.54, 1.807) is 11.9 Å². The Morgan fingerprint density at radius 1 is 1.39 bits per heavy atom. The van der Waals surface area contributed by atoms with Crippen molar-refractivity contribution in [2.75, 3.05) is 7.05 Å². The van der Waals surface area contributed by atoms with Crippen molar-refractivity contribution in [2.24, 2.45) is 0 Å². The van der Waals surface area contributed by atoms with Gasteiger partial charge in [-0.25, -0.2) is 4.79 Å². The minimum Gasteiger partial charge on any atom is -0.361 e. The van der Waals surface area contributed by atoms with Crippen molar-refractivity contribution in [3.8, 4) is 0 Å². The van der Waals surface area contributed by atoms with Crippen molar-refractivity contribution >= 4 is 6.03 Å². The molecule has 1 N–H and O–H groups in total. The molecule has 8 heteroatoms. The maximum absolute atomic E-state index is 12.2. The molecule has 8 nitrogen and oxygen atoms in total. The van der Waals surface area contributed by atoms with Gasteiger partial charge in [0, 0.05) is 26.1 Å². The van der Waals surface area contributed by atoms with Gasteiger partial charge in [-0.2, -0.15) is 0 Å². The van der Waals surface area contributed by atoms with Crippen LogP contribution in [0.15, 0.2) is 10.6 Å². The molecule has 124 valence electrons. The summed E-state index contributed by atoms with van der Waals surface area (Å²) in [6, 6.07) is 1.65. The van der Waals surface area contributed by atoms with E-state index >= 15 is 0 Å². The largest absolute Gasteiger partial charge is 0.361 e. The highest BCUT2D eigenvalue weighted by Gasteiger charge is 2.16. The van der Waals surface area contributed by atoms with E-state index in [4.69, 9.17) is 4.52 Å². The number of hydrogen-bond acceptors (Lipinski definition) is 5. The molecule has 1 aliphatic heterocycles. The van der Waals surface area contributed by atoms with Crippen molar-refractivity contribution in [3.63, 3.8) is 0 Å². The molecule has 0 aromatic carbocycles. The number of hydrogen-bond donors (Lipinski definition) is 1. The molecule has 0 bridgehead atoms. The molecule has 0 saturated carbocycles. The third kappa shape index (κ3) is 3.69. The van der Waals surface area contributed by atoms with E-state index in [-0.39, 0.29) is 6.03 Å². The number of carbonyl (C=O) groups excluding carboxylic acids is 1. The van der Waals surface area contributed by atoms with Crippen molar-refractivity contribution in [3.05, 3.63) is 29.2 Å². The first-order valence-electron chi connectivity index (χ1n) is 7.95. The molecule has 0 fully saturated rings. The van der Waals surface area contributed by atoms with E-state index in [9.17, 15) is 4.79 Å². The highest BCUT2D eigenvalue weighted by Crippen LogP contribution is 2.14. The number of nitrogens with zero attached hydrogens (tertiary/aromatic N) is 5. The predicted octanol–water partition coefficient (Wildman–Crippen LogP) is 1.64. The van der Waals surface area contributed by atoms with Gasteiger partial charge in [-0.05, 0) is 19.8 Å². The summed E-state index contributed by atoms with van der Waals surface area (Å²) in [5.41, 5.74) is 0.733. The smallest absolute Gasteiger partial charge is 0.317 e. The molecule has 0 spiro atoms. The van der Waals surface area contributed by atoms with Crippen molar-refractivity contribution in [1.29, 1.82) is 0 Å². The highest BCUT2D eigenvalue weighted by molar-refractivity contribution is 5.73. The zero-order valence-electron chi connectivity index (χ0n) is 13.6. The number of fused-ring (bicyclic) bond motifs is 1. The number of carbonyl (C=O) groups is 1. The molecule has 2 amide bonds. The first-order chi connectivity index (χ1) is 11.1. The summed E-state index contributed by atoms with van der Waals surface area (Å²) in [4.78, 5) is 13.8. The van der Waals surface area contributed by atoms with E-state index in [0.717, 1.165) is 48.9 Å². The van der Waals surface area contributed by atoms with Crippen LogP contribution in [0.5, 0.6) is 0 Å². The molecule has 0 radical (unpaired) electrons. The lowest BCUT2D eigenvalue weighted by Crippen LogP contribution is -2.37. The summed E-state index contributed by atoms with van der Waals surface area (Å²) in [7, 11) is 1.73. The fourth-order valence-corrected chi connectivity index (χ4v) is 2.77. The Kier molecular flexibility index (Phi) is 4.59. The third-order valence-corrected chi connectivity index (χ3v) is 4.01. The van der Waals surface area contributed by atoms with Crippen LogP contribution in [0.1, 0.15) is 42.4 Å². The Bertz CT molecular complexity index is 677. The van der Waals surface area contributed by atoms with Crippen LogP contribution in [0, 0.1) is 6.92 Å². The maximum atomic E-state index is 12.2. The quantitative estimate of drug-likeness (QED) is 0.925. The Morgan fingerprint density at radius 2 is 2.26 bits per heavy atom. The lowest BCUT2D eigenvalue weighted by atomic mass is 10.2. The zero-order chi connectivity index (χ0) is 16.2. The molecule has 1 aliphatic rings. The van der Waals surface area contributed by atoms with E-state index in [0.29, 0.717) is 13.1 Å². The summed E-state index contributed by atoms with van der Waals surface area (Å²) in [5, 5.41) is 15.2. The van der Waals surface area contributed by atoms with E-state index < -0.39 is 0 Å². The van der Waals surface area contributed by atoms with Gasteiger partial charge < -0.3 is 19.3 Å². The minimum atomic E-state index is -0.170. The van der Waals surface area contributed by atoms with Crippen LogP contribution in [-0.4, -0.2) is 37.9 Å². The first-order valence-corrected chi connectivity index (χ1v) is 7.95. The molecular formula is C15H22N6O2. The summed E-state index contributed by atoms with van der Waals surface area (Å²) in [5.74, 6) is 2.58. The Labute approximate surface area is 134 Å². The second-order valence-electron chi connectivity index (χ2n) is 5.94. The second kappa shape index (κ2) is 6.80. The number of nitrogens with one attached hydrogen (secondary N) is 1. The van der Waals surface area contributed by atoms with Gasteiger partial charge in [0.2, 0.25) is 0 Å². The van der Waals surface area contributed by atoms with Gasteiger partial charge in [0.1, 0.15) is 17.3 Å². The van der Waals surface area contributed by atoms with Gasteiger partial charge in [-0.15, -0.1) is 10.2 Å². The summed E-state index contributed by atoms with van der Waals surface area (Å²) < 4.78 is 7.14. The second-order valence-corrected chi connectivity index (χ2v) is 5.94. The molecule has 2 aromatic heterocycles. The van der Waals surface area contributed by atoms with Crippen molar-refractivity contribution < 1.29 is 9.32 Å². The third-order valence-electron chi connectivity index (χ3n) is 4.01. The van der Waals surface area contributed by atoms with Crippen LogP contribution in [0.3, 0.4) is 0 Å². The number of amides is 2. The molecule has 0 aliphatic carbocycles. The molecule has 0 saturated heterocycles.